The highest BCUT2D eigenvalue weighted by molar-refractivity contribution is 5.94. The molecule has 0 saturated carbocycles. The van der Waals surface area contributed by atoms with Crippen LogP contribution in [0.25, 0.3) is 11.4 Å². The van der Waals surface area contributed by atoms with Gasteiger partial charge in [-0.05, 0) is 104 Å². The molecule has 2 heterocycles. The van der Waals surface area contributed by atoms with Crippen LogP contribution in [0.2, 0.25) is 0 Å². The minimum absolute atomic E-state index is 0.0708. The van der Waals surface area contributed by atoms with Gasteiger partial charge in [-0.3, -0.25) is 14.6 Å². The molecule has 1 aliphatic carbocycles. The van der Waals surface area contributed by atoms with E-state index in [9.17, 15) is 19.6 Å². The number of carbonyl (C=O) groups is 2. The van der Waals surface area contributed by atoms with E-state index >= 15 is 0 Å². The number of aryl methyl sites for hydroxylation is 3. The first-order valence-electron chi connectivity index (χ1n) is 17.9. The molecule has 2 unspecified atom stereocenters. The minimum Gasteiger partial charge on any atom is -0.378 e. The van der Waals surface area contributed by atoms with Gasteiger partial charge >= 0.3 is 5.69 Å². The first kappa shape index (κ1) is 36.3. The van der Waals surface area contributed by atoms with Crippen LogP contribution in [-0.2, 0) is 23.1 Å². The second-order valence-electron chi connectivity index (χ2n) is 14.6. The lowest BCUT2D eigenvalue weighted by atomic mass is 9.67. The van der Waals surface area contributed by atoms with Crippen LogP contribution in [-0.4, -0.2) is 94.6 Å². The molecule has 1 fully saturated rings. The molecule has 11 heteroatoms. The van der Waals surface area contributed by atoms with Crippen LogP contribution in [0.1, 0.15) is 75.7 Å². The Morgan fingerprint density at radius 1 is 1.02 bits per heavy atom. The number of hydrogen-bond donors (Lipinski definition) is 2. The van der Waals surface area contributed by atoms with Crippen molar-refractivity contribution in [2.45, 2.75) is 63.5 Å². The topological polar surface area (TPSA) is 130 Å². The monoisotopic (exact) mass is 700 g/mol. The summed E-state index contributed by atoms with van der Waals surface area (Å²) in [5.74, 6) is 0.266. The van der Waals surface area contributed by atoms with Crippen molar-refractivity contribution in [3.8, 4) is 11.8 Å². The lowest BCUT2D eigenvalue weighted by Gasteiger charge is -2.37. The van der Waals surface area contributed by atoms with Gasteiger partial charge in [0, 0.05) is 52.0 Å². The number of hydrogen-bond acceptors (Lipinski definition) is 7. The van der Waals surface area contributed by atoms with E-state index in [-0.39, 0.29) is 30.1 Å². The minimum atomic E-state index is -0.994. The van der Waals surface area contributed by atoms with E-state index in [0.29, 0.717) is 49.3 Å². The summed E-state index contributed by atoms with van der Waals surface area (Å²) in [6.07, 6.45) is 3.27. The van der Waals surface area contributed by atoms with Crippen molar-refractivity contribution in [2.24, 2.45) is 0 Å². The molecule has 52 heavy (non-hydrogen) atoms. The summed E-state index contributed by atoms with van der Waals surface area (Å²) in [5.41, 5.74) is 6.79. The third-order valence-electron chi connectivity index (χ3n) is 10.6. The summed E-state index contributed by atoms with van der Waals surface area (Å²) in [5, 5.41) is 18.1. The van der Waals surface area contributed by atoms with E-state index in [1.807, 2.05) is 75.3 Å². The number of carbonyl (C=O) groups excluding carboxylic acids is 2. The van der Waals surface area contributed by atoms with Crippen LogP contribution in [0.4, 0.5) is 0 Å². The molecule has 4 aromatic rings. The van der Waals surface area contributed by atoms with Gasteiger partial charge in [-0.1, -0.05) is 42.5 Å². The van der Waals surface area contributed by atoms with Crippen LogP contribution in [0.5, 0.6) is 0 Å². The predicted octanol–water partition coefficient (Wildman–Crippen LogP) is 4.42. The zero-order valence-electron chi connectivity index (χ0n) is 31.0. The van der Waals surface area contributed by atoms with Crippen molar-refractivity contribution >= 4 is 17.5 Å². The van der Waals surface area contributed by atoms with E-state index in [0.717, 1.165) is 45.5 Å². The molecule has 0 bridgehead atoms. The Hall–Kier alpha value is -5.47. The summed E-state index contributed by atoms with van der Waals surface area (Å²) >= 11 is 0. The highest BCUT2D eigenvalue weighted by Gasteiger charge is 2.45. The van der Waals surface area contributed by atoms with Crippen LogP contribution >= 0.6 is 0 Å². The molecule has 1 aliphatic heterocycles. The van der Waals surface area contributed by atoms with Gasteiger partial charge in [0.1, 0.15) is 11.9 Å². The van der Waals surface area contributed by atoms with Gasteiger partial charge in [0.25, 0.3) is 5.91 Å². The maximum atomic E-state index is 13.8. The van der Waals surface area contributed by atoms with Gasteiger partial charge in [-0.2, -0.15) is 9.94 Å². The standard InChI is InChI=1S/C41H48N8O3/c1-26-10-16-33(17-11-26)49-40(52)44-39(45-49)41(23-27(2)43-25-37(50)48-20-8-9-34(48)24-42)35-18-14-29(28(3)46(4)5)21-30(35)12-13-31-22-32(15-19-36(31)41)38(51)47(6)7/h10-11,14-19,21-22,27,34,43H,3,8-9,12-13,20,23,25H2,1-2,4-7H3,(H,44,45,52)/t27-,34?,41?/m0/s1. The number of fused-ring (bicyclic) bond motifs is 2. The number of nitrogens with zero attached hydrogens (tertiary/aromatic N) is 6. The van der Waals surface area contributed by atoms with Crippen molar-refractivity contribution in [3.05, 3.63) is 122 Å². The summed E-state index contributed by atoms with van der Waals surface area (Å²) in [6.45, 7) is 8.99. The molecule has 3 atom stereocenters. The Labute approximate surface area is 305 Å². The number of benzene rings is 3. The zero-order valence-corrected chi connectivity index (χ0v) is 31.0. The van der Waals surface area contributed by atoms with Crippen LogP contribution in [0.3, 0.4) is 0 Å². The van der Waals surface area contributed by atoms with Crippen molar-refractivity contribution < 1.29 is 9.59 Å². The molecule has 1 saturated heterocycles. The number of nitriles is 1. The number of aromatic nitrogens is 3. The molecule has 3 aromatic carbocycles. The summed E-state index contributed by atoms with van der Waals surface area (Å²) in [7, 11) is 7.42. The number of rotatable bonds is 10. The fourth-order valence-corrected chi connectivity index (χ4v) is 7.72. The number of likely N-dealkylation sites (tertiary alicyclic amines) is 1. The van der Waals surface area contributed by atoms with Crippen LogP contribution in [0.15, 0.2) is 72.0 Å². The van der Waals surface area contributed by atoms with Crippen LogP contribution in [0, 0.1) is 18.3 Å². The average Bonchev–Trinajstić information content (AvgIpc) is 3.75. The number of aromatic amines is 1. The van der Waals surface area contributed by atoms with Gasteiger partial charge in [0.2, 0.25) is 5.91 Å². The Bertz CT molecular complexity index is 2030. The number of amides is 2. The third kappa shape index (κ3) is 6.78. The largest absolute Gasteiger partial charge is 0.378 e. The van der Waals surface area contributed by atoms with E-state index in [2.05, 4.69) is 41.1 Å². The predicted molar refractivity (Wildman–Crippen MR) is 202 cm³/mol. The quantitative estimate of drug-likeness (QED) is 0.251. The van der Waals surface area contributed by atoms with E-state index < -0.39 is 11.5 Å². The highest BCUT2D eigenvalue weighted by Crippen LogP contribution is 2.47. The first-order valence-corrected chi connectivity index (χ1v) is 17.9. The molecule has 2 N–H and O–H groups in total. The summed E-state index contributed by atoms with van der Waals surface area (Å²) < 4.78 is 1.41. The van der Waals surface area contributed by atoms with E-state index in [1.165, 1.54) is 4.68 Å². The molecule has 11 nitrogen and oxygen atoms in total. The molecule has 6 rings (SSSR count). The third-order valence-corrected chi connectivity index (χ3v) is 10.6. The second kappa shape index (κ2) is 14.6. The Morgan fingerprint density at radius 3 is 2.27 bits per heavy atom. The van der Waals surface area contributed by atoms with E-state index in [4.69, 9.17) is 5.10 Å². The Kier molecular flexibility index (Phi) is 10.2. The molecule has 270 valence electrons. The Balaban J connectivity index is 1.54. The molecule has 0 spiro atoms. The molecular weight excluding hydrogens is 653 g/mol. The maximum Gasteiger partial charge on any atom is 0.348 e. The van der Waals surface area contributed by atoms with Crippen molar-refractivity contribution in [2.75, 3.05) is 41.3 Å². The maximum absolute atomic E-state index is 13.8. The van der Waals surface area contributed by atoms with Gasteiger partial charge in [0.05, 0.1) is 23.7 Å². The van der Waals surface area contributed by atoms with Crippen molar-refractivity contribution in [1.82, 2.24) is 34.8 Å². The molecule has 2 amide bonds. The van der Waals surface area contributed by atoms with Gasteiger partial charge in [-0.15, -0.1) is 5.10 Å². The van der Waals surface area contributed by atoms with Gasteiger partial charge in [0.15, 0.2) is 0 Å². The second-order valence-corrected chi connectivity index (χ2v) is 14.6. The van der Waals surface area contributed by atoms with Gasteiger partial charge < -0.3 is 20.0 Å². The Morgan fingerprint density at radius 2 is 1.65 bits per heavy atom. The number of nitrogens with one attached hydrogen (secondary N) is 2. The SMILES string of the molecule is C=C(c1ccc2c(c1)CCc1cc(C(=O)N(C)C)ccc1C2(C[C@H](C)NCC(=O)N1CCCC1C#N)c1nn(-c2ccc(C)cc2)c(=O)[nH]1)N(C)C. The first-order chi connectivity index (χ1) is 24.8. The fraction of sp³-hybridized carbons (Fsp3) is 0.390. The van der Waals surface area contributed by atoms with Crippen molar-refractivity contribution in [3.63, 3.8) is 0 Å². The summed E-state index contributed by atoms with van der Waals surface area (Å²) in [4.78, 5) is 48.8. The normalized spacial score (nSPS) is 18.5. The molecular formula is C41H48N8O3. The van der Waals surface area contributed by atoms with E-state index in [1.54, 1.807) is 23.9 Å². The lowest BCUT2D eigenvalue weighted by molar-refractivity contribution is -0.130. The smallest absolute Gasteiger partial charge is 0.348 e. The molecule has 0 radical (unpaired) electrons. The van der Waals surface area contributed by atoms with Gasteiger partial charge in [-0.25, -0.2) is 4.79 Å². The zero-order chi connectivity index (χ0) is 37.3. The number of H-pyrrole nitrogens is 1. The van der Waals surface area contributed by atoms with Crippen molar-refractivity contribution in [1.29, 1.82) is 5.26 Å². The average molecular weight is 701 g/mol. The molecule has 1 aromatic heterocycles. The molecule has 2 aliphatic rings. The fourth-order valence-electron chi connectivity index (χ4n) is 7.72. The highest BCUT2D eigenvalue weighted by atomic mass is 16.2. The lowest BCUT2D eigenvalue weighted by Crippen LogP contribution is -2.45. The van der Waals surface area contributed by atoms with Crippen LogP contribution < -0.4 is 11.0 Å². The summed E-state index contributed by atoms with van der Waals surface area (Å²) in [6, 6.07) is 21.5.